The van der Waals surface area contributed by atoms with Crippen LogP contribution in [0.25, 0.3) is 0 Å². The Labute approximate surface area is 131 Å². The minimum absolute atomic E-state index is 0.0649. The van der Waals surface area contributed by atoms with Gasteiger partial charge in [-0.05, 0) is 38.5 Å². The molecule has 0 aliphatic carbocycles. The van der Waals surface area contributed by atoms with E-state index in [0.717, 1.165) is 5.56 Å². The van der Waals surface area contributed by atoms with Crippen LogP contribution in [0, 0.1) is 0 Å². The highest BCUT2D eigenvalue weighted by atomic mass is 16.6. The Balaban J connectivity index is 2.46. The van der Waals surface area contributed by atoms with E-state index < -0.39 is 11.7 Å². The fourth-order valence-corrected chi connectivity index (χ4v) is 1.67. The van der Waals surface area contributed by atoms with Gasteiger partial charge in [-0.3, -0.25) is 10.1 Å². The molecule has 0 unspecified atom stereocenters. The van der Waals surface area contributed by atoms with Crippen LogP contribution in [0.4, 0.5) is 10.5 Å². The van der Waals surface area contributed by atoms with Crippen molar-refractivity contribution in [1.29, 1.82) is 0 Å². The Morgan fingerprint density at radius 2 is 1.77 bits per heavy atom. The lowest BCUT2D eigenvalue weighted by molar-refractivity contribution is -0.120. The van der Waals surface area contributed by atoms with Gasteiger partial charge in [-0.25, -0.2) is 4.79 Å². The molecule has 0 bridgehead atoms. The Kier molecular flexibility index (Phi) is 6.85. The van der Waals surface area contributed by atoms with Crippen molar-refractivity contribution < 1.29 is 19.1 Å². The number of rotatable bonds is 6. The van der Waals surface area contributed by atoms with E-state index in [9.17, 15) is 9.59 Å². The molecular weight excluding hydrogens is 284 g/mol. The van der Waals surface area contributed by atoms with Gasteiger partial charge in [0.1, 0.15) is 5.60 Å². The van der Waals surface area contributed by atoms with Gasteiger partial charge in [-0.1, -0.05) is 12.1 Å². The van der Waals surface area contributed by atoms with Crippen molar-refractivity contribution in [2.24, 2.45) is 0 Å². The summed E-state index contributed by atoms with van der Waals surface area (Å²) >= 11 is 0. The lowest BCUT2D eigenvalue weighted by atomic mass is 10.1. The lowest BCUT2D eigenvalue weighted by Gasteiger charge is -2.19. The van der Waals surface area contributed by atoms with E-state index >= 15 is 0 Å². The second-order valence-corrected chi connectivity index (χ2v) is 5.84. The van der Waals surface area contributed by atoms with E-state index in [1.54, 1.807) is 52.1 Å². The molecule has 0 atom stereocenters. The highest BCUT2D eigenvalue weighted by Crippen LogP contribution is 2.13. The topological polar surface area (TPSA) is 76.7 Å². The number of methoxy groups -OCH3 is 1. The first-order valence-electron chi connectivity index (χ1n) is 7.15. The van der Waals surface area contributed by atoms with Crippen LogP contribution in [0.2, 0.25) is 0 Å². The molecule has 22 heavy (non-hydrogen) atoms. The number of ether oxygens (including phenoxy) is 2. The van der Waals surface area contributed by atoms with Crippen LogP contribution >= 0.6 is 0 Å². The Morgan fingerprint density at radius 1 is 1.14 bits per heavy atom. The van der Waals surface area contributed by atoms with Crippen molar-refractivity contribution in [3.05, 3.63) is 29.8 Å². The summed E-state index contributed by atoms with van der Waals surface area (Å²) in [4.78, 5) is 23.3. The summed E-state index contributed by atoms with van der Waals surface area (Å²) in [6.45, 7) is 6.39. The lowest BCUT2D eigenvalue weighted by Crippen LogP contribution is -2.28. The first-order chi connectivity index (χ1) is 10.3. The van der Waals surface area contributed by atoms with Crippen molar-refractivity contribution in [3.63, 3.8) is 0 Å². The van der Waals surface area contributed by atoms with Crippen LogP contribution in [0.1, 0.15) is 26.3 Å². The van der Waals surface area contributed by atoms with Gasteiger partial charge in [0.05, 0.1) is 13.0 Å². The van der Waals surface area contributed by atoms with Crippen LogP contribution in [-0.2, 0) is 20.7 Å². The number of hydrogen-bond acceptors (Lipinski definition) is 4. The van der Waals surface area contributed by atoms with E-state index in [2.05, 4.69) is 10.6 Å². The van der Waals surface area contributed by atoms with E-state index in [1.165, 1.54) is 0 Å². The van der Waals surface area contributed by atoms with Crippen LogP contribution in [0.5, 0.6) is 0 Å². The van der Waals surface area contributed by atoms with Crippen molar-refractivity contribution in [2.75, 3.05) is 25.6 Å². The second kappa shape index (κ2) is 8.38. The highest BCUT2D eigenvalue weighted by Gasteiger charge is 2.16. The summed E-state index contributed by atoms with van der Waals surface area (Å²) in [5, 5.41) is 5.39. The molecule has 0 saturated heterocycles. The van der Waals surface area contributed by atoms with Crippen molar-refractivity contribution >= 4 is 17.7 Å². The standard InChI is InChI=1S/C16H24N2O4/c1-16(2,3)22-15(20)18-13-7-5-12(6-8-13)11-14(19)17-9-10-21-4/h5-8H,9-11H2,1-4H3,(H,17,19)(H,18,20). The van der Waals surface area contributed by atoms with Gasteiger partial charge in [-0.2, -0.15) is 0 Å². The molecule has 0 fully saturated rings. The van der Waals surface area contributed by atoms with Gasteiger partial charge >= 0.3 is 6.09 Å². The normalized spacial score (nSPS) is 10.9. The zero-order chi connectivity index (χ0) is 16.6. The van der Waals surface area contributed by atoms with E-state index in [0.29, 0.717) is 18.8 Å². The Hall–Kier alpha value is -2.08. The van der Waals surface area contributed by atoms with Gasteiger partial charge in [0, 0.05) is 19.3 Å². The van der Waals surface area contributed by atoms with Gasteiger partial charge in [-0.15, -0.1) is 0 Å². The average Bonchev–Trinajstić information content (AvgIpc) is 2.39. The number of benzene rings is 1. The van der Waals surface area contributed by atoms with Gasteiger partial charge in [0.25, 0.3) is 0 Å². The zero-order valence-electron chi connectivity index (χ0n) is 13.6. The minimum Gasteiger partial charge on any atom is -0.444 e. The highest BCUT2D eigenvalue weighted by molar-refractivity contribution is 5.85. The molecule has 1 aromatic carbocycles. The maximum Gasteiger partial charge on any atom is 0.412 e. The Morgan fingerprint density at radius 3 is 2.32 bits per heavy atom. The van der Waals surface area contributed by atoms with Crippen molar-refractivity contribution in [3.8, 4) is 0 Å². The largest absolute Gasteiger partial charge is 0.444 e. The summed E-state index contributed by atoms with van der Waals surface area (Å²) in [5.41, 5.74) is 0.951. The molecule has 0 heterocycles. The van der Waals surface area contributed by atoms with Crippen LogP contribution in [0.15, 0.2) is 24.3 Å². The molecule has 1 rings (SSSR count). The molecule has 0 aromatic heterocycles. The van der Waals surface area contributed by atoms with E-state index in [4.69, 9.17) is 9.47 Å². The number of carbonyl (C=O) groups is 2. The summed E-state index contributed by atoms with van der Waals surface area (Å²) in [5.74, 6) is -0.0649. The number of hydrogen-bond donors (Lipinski definition) is 2. The van der Waals surface area contributed by atoms with Crippen molar-refractivity contribution in [2.45, 2.75) is 32.8 Å². The molecule has 0 aliphatic rings. The molecular formula is C16H24N2O4. The summed E-state index contributed by atoms with van der Waals surface area (Å²) < 4.78 is 10.0. The predicted octanol–water partition coefficient (Wildman–Crippen LogP) is 2.34. The fourth-order valence-electron chi connectivity index (χ4n) is 1.67. The SMILES string of the molecule is COCCNC(=O)Cc1ccc(NC(=O)OC(C)(C)C)cc1. The van der Waals surface area contributed by atoms with Crippen LogP contribution < -0.4 is 10.6 Å². The smallest absolute Gasteiger partial charge is 0.412 e. The third-order valence-electron chi connectivity index (χ3n) is 2.59. The molecule has 2 amide bonds. The number of nitrogens with one attached hydrogen (secondary N) is 2. The third-order valence-corrected chi connectivity index (χ3v) is 2.59. The molecule has 0 aliphatic heterocycles. The maximum absolute atomic E-state index is 11.7. The van der Waals surface area contributed by atoms with E-state index in [-0.39, 0.29) is 12.3 Å². The van der Waals surface area contributed by atoms with Crippen molar-refractivity contribution in [1.82, 2.24) is 5.32 Å². The predicted molar refractivity (Wildman–Crippen MR) is 84.9 cm³/mol. The molecule has 6 nitrogen and oxygen atoms in total. The van der Waals surface area contributed by atoms with Gasteiger partial charge < -0.3 is 14.8 Å². The molecule has 0 saturated carbocycles. The van der Waals surface area contributed by atoms with Crippen LogP contribution in [-0.4, -0.2) is 37.9 Å². The summed E-state index contributed by atoms with van der Waals surface area (Å²) in [6.07, 6.45) is -0.214. The van der Waals surface area contributed by atoms with Gasteiger partial charge in [0.15, 0.2) is 0 Å². The monoisotopic (exact) mass is 308 g/mol. The molecule has 1 aromatic rings. The van der Waals surface area contributed by atoms with Gasteiger partial charge in [0.2, 0.25) is 5.91 Å². The number of amides is 2. The molecule has 122 valence electrons. The third kappa shape index (κ3) is 7.64. The first kappa shape index (κ1) is 18.0. The quantitative estimate of drug-likeness (QED) is 0.791. The molecule has 6 heteroatoms. The van der Waals surface area contributed by atoms with E-state index in [1.807, 2.05) is 0 Å². The maximum atomic E-state index is 11.7. The number of carbonyl (C=O) groups excluding carboxylic acids is 2. The number of anilines is 1. The second-order valence-electron chi connectivity index (χ2n) is 5.84. The Bertz CT molecular complexity index is 492. The van der Waals surface area contributed by atoms with Crippen LogP contribution in [0.3, 0.4) is 0 Å². The molecule has 0 spiro atoms. The molecule has 2 N–H and O–H groups in total. The summed E-state index contributed by atoms with van der Waals surface area (Å²) in [7, 11) is 1.59. The minimum atomic E-state index is -0.537. The average molecular weight is 308 g/mol. The fraction of sp³-hybridized carbons (Fsp3) is 0.500. The zero-order valence-corrected chi connectivity index (χ0v) is 13.6. The summed E-state index contributed by atoms with van der Waals surface area (Å²) in [6, 6.07) is 7.06. The first-order valence-corrected chi connectivity index (χ1v) is 7.15. The molecule has 0 radical (unpaired) electrons.